The highest BCUT2D eigenvalue weighted by atomic mass is 35.5. The molecule has 0 amide bonds. The number of hydrogen-bond acceptors (Lipinski definition) is 2. The highest BCUT2D eigenvalue weighted by molar-refractivity contribution is 6.67. The smallest absolute Gasteiger partial charge is 0.268 e. The summed E-state index contributed by atoms with van der Waals surface area (Å²) in [5, 5.41) is 0.471. The first-order valence-electron chi connectivity index (χ1n) is 6.60. The molecule has 0 spiro atoms. The predicted molar refractivity (Wildman–Crippen MR) is 84.2 cm³/mol. The third kappa shape index (κ3) is 2.52. The minimum Gasteiger partial charge on any atom is -0.495 e. The maximum atomic E-state index is 11.7. The van der Waals surface area contributed by atoms with Crippen LogP contribution in [0, 0.1) is 0 Å². The van der Waals surface area contributed by atoms with Crippen LogP contribution < -0.4 is 4.74 Å². The summed E-state index contributed by atoms with van der Waals surface area (Å²) in [4.78, 5) is 11.7. The standard InChI is InChI=1S/C17H14ClNO2/c1-21-15-9-5-8-13-10-14(17(18)20)19(16(13)15)11-12-6-3-2-4-7-12/h2-10H,11H2,1H3. The van der Waals surface area contributed by atoms with E-state index >= 15 is 0 Å². The van der Waals surface area contributed by atoms with Gasteiger partial charge in [0.2, 0.25) is 0 Å². The molecule has 0 saturated heterocycles. The molecule has 106 valence electrons. The number of hydrogen-bond donors (Lipinski definition) is 0. The molecule has 0 aliphatic heterocycles. The summed E-state index contributed by atoms with van der Waals surface area (Å²) in [5.74, 6) is 0.729. The van der Waals surface area contributed by atoms with Gasteiger partial charge in [-0.2, -0.15) is 0 Å². The van der Waals surface area contributed by atoms with Gasteiger partial charge in [0.05, 0.1) is 12.6 Å². The van der Waals surface area contributed by atoms with Crippen LogP contribution in [0.3, 0.4) is 0 Å². The van der Waals surface area contributed by atoms with E-state index in [9.17, 15) is 4.79 Å². The quantitative estimate of drug-likeness (QED) is 0.680. The molecule has 4 heteroatoms. The summed E-state index contributed by atoms with van der Waals surface area (Å²) in [7, 11) is 1.62. The first-order chi connectivity index (χ1) is 10.2. The van der Waals surface area contributed by atoms with Crippen LogP contribution in [-0.2, 0) is 6.54 Å². The highest BCUT2D eigenvalue weighted by Crippen LogP contribution is 2.30. The van der Waals surface area contributed by atoms with E-state index in [1.165, 1.54) is 0 Å². The van der Waals surface area contributed by atoms with E-state index < -0.39 is 5.24 Å². The van der Waals surface area contributed by atoms with Crippen molar-refractivity contribution in [3.63, 3.8) is 0 Å². The van der Waals surface area contributed by atoms with Crippen LogP contribution in [0.5, 0.6) is 5.75 Å². The molecule has 0 fully saturated rings. The summed E-state index contributed by atoms with van der Waals surface area (Å²) in [5.41, 5.74) is 2.45. The molecule has 0 aliphatic rings. The Morgan fingerprint density at radius 1 is 1.14 bits per heavy atom. The van der Waals surface area contributed by atoms with Crippen molar-refractivity contribution in [3.05, 3.63) is 65.9 Å². The molecule has 3 nitrogen and oxygen atoms in total. The molecule has 0 aliphatic carbocycles. The van der Waals surface area contributed by atoms with Crippen molar-refractivity contribution in [2.45, 2.75) is 6.54 Å². The second-order valence-corrected chi connectivity index (χ2v) is 5.12. The van der Waals surface area contributed by atoms with Gasteiger partial charge in [0.25, 0.3) is 5.24 Å². The zero-order valence-corrected chi connectivity index (χ0v) is 12.3. The van der Waals surface area contributed by atoms with Crippen molar-refractivity contribution in [2.75, 3.05) is 7.11 Å². The Bertz CT molecular complexity index is 793. The average molecular weight is 300 g/mol. The maximum absolute atomic E-state index is 11.7. The van der Waals surface area contributed by atoms with E-state index in [1.807, 2.05) is 53.1 Å². The van der Waals surface area contributed by atoms with Gasteiger partial charge in [-0.3, -0.25) is 4.79 Å². The molecule has 0 N–H and O–H groups in total. The summed E-state index contributed by atoms with van der Waals surface area (Å²) >= 11 is 5.74. The second kappa shape index (κ2) is 5.62. The summed E-state index contributed by atoms with van der Waals surface area (Å²) < 4.78 is 7.33. The van der Waals surface area contributed by atoms with Crippen molar-refractivity contribution < 1.29 is 9.53 Å². The van der Waals surface area contributed by atoms with Crippen molar-refractivity contribution in [1.29, 1.82) is 0 Å². The molecule has 3 aromatic rings. The second-order valence-electron chi connectivity index (χ2n) is 4.77. The molecule has 0 bridgehead atoms. The van der Waals surface area contributed by atoms with Crippen LogP contribution in [0.1, 0.15) is 16.1 Å². The number of carbonyl (C=O) groups excluding carboxylic acids is 1. The molecule has 21 heavy (non-hydrogen) atoms. The van der Waals surface area contributed by atoms with Gasteiger partial charge in [0.15, 0.2) is 0 Å². The first kappa shape index (κ1) is 13.7. The minimum absolute atomic E-state index is 0.468. The maximum Gasteiger partial charge on any atom is 0.268 e. The summed E-state index contributed by atoms with van der Waals surface area (Å²) in [6, 6.07) is 17.5. The van der Waals surface area contributed by atoms with Crippen molar-refractivity contribution in [1.82, 2.24) is 4.57 Å². The van der Waals surface area contributed by atoms with Gasteiger partial charge in [-0.25, -0.2) is 0 Å². The lowest BCUT2D eigenvalue weighted by atomic mass is 10.2. The summed E-state index contributed by atoms with van der Waals surface area (Å²) in [6.07, 6.45) is 0. The predicted octanol–water partition coefficient (Wildman–Crippen LogP) is 4.08. The fourth-order valence-electron chi connectivity index (χ4n) is 2.55. The van der Waals surface area contributed by atoms with E-state index in [0.29, 0.717) is 12.2 Å². The number of methoxy groups -OCH3 is 1. The van der Waals surface area contributed by atoms with Gasteiger partial charge in [-0.05, 0) is 29.3 Å². The molecule has 0 atom stereocenters. The van der Waals surface area contributed by atoms with E-state index in [2.05, 4.69) is 0 Å². The van der Waals surface area contributed by atoms with E-state index in [4.69, 9.17) is 16.3 Å². The van der Waals surface area contributed by atoms with Crippen LogP contribution >= 0.6 is 11.6 Å². The van der Waals surface area contributed by atoms with Gasteiger partial charge in [0, 0.05) is 11.9 Å². The Morgan fingerprint density at radius 3 is 2.57 bits per heavy atom. The largest absolute Gasteiger partial charge is 0.495 e. The number of aromatic nitrogens is 1. The van der Waals surface area contributed by atoms with Crippen molar-refractivity contribution in [2.24, 2.45) is 0 Å². The van der Waals surface area contributed by atoms with Crippen LogP contribution in [0.2, 0.25) is 0 Å². The van der Waals surface area contributed by atoms with E-state index in [1.54, 1.807) is 13.2 Å². The molecular formula is C17H14ClNO2. The average Bonchev–Trinajstić information content (AvgIpc) is 2.87. The fourth-order valence-corrected chi connectivity index (χ4v) is 2.70. The molecule has 0 unspecified atom stereocenters. The third-order valence-corrected chi connectivity index (χ3v) is 3.68. The SMILES string of the molecule is COc1cccc2cc(C(=O)Cl)n(Cc3ccccc3)c12. The van der Waals surface area contributed by atoms with Gasteiger partial charge < -0.3 is 9.30 Å². The number of carbonyl (C=O) groups is 1. The lowest BCUT2D eigenvalue weighted by Crippen LogP contribution is -2.07. The number of benzene rings is 2. The van der Waals surface area contributed by atoms with Gasteiger partial charge in [0.1, 0.15) is 11.4 Å². The minimum atomic E-state index is -0.468. The number of fused-ring (bicyclic) bond motifs is 1. The number of para-hydroxylation sites is 1. The lowest BCUT2D eigenvalue weighted by Gasteiger charge is -2.11. The summed E-state index contributed by atoms with van der Waals surface area (Å²) in [6.45, 7) is 0.568. The lowest BCUT2D eigenvalue weighted by molar-refractivity contribution is 0.107. The monoisotopic (exact) mass is 299 g/mol. The van der Waals surface area contributed by atoms with Crippen LogP contribution in [0.25, 0.3) is 10.9 Å². The number of nitrogens with zero attached hydrogens (tertiary/aromatic N) is 1. The topological polar surface area (TPSA) is 31.2 Å². The fraction of sp³-hybridized carbons (Fsp3) is 0.118. The Labute approximate surface area is 127 Å². The molecule has 0 saturated carbocycles. The molecule has 3 rings (SSSR count). The Kier molecular flexibility index (Phi) is 3.67. The Balaban J connectivity index is 2.22. The van der Waals surface area contributed by atoms with E-state index in [-0.39, 0.29) is 0 Å². The molecular weight excluding hydrogens is 286 g/mol. The zero-order chi connectivity index (χ0) is 14.8. The normalized spacial score (nSPS) is 10.8. The van der Waals surface area contributed by atoms with E-state index in [0.717, 1.165) is 22.2 Å². The number of rotatable bonds is 4. The Morgan fingerprint density at radius 2 is 1.90 bits per heavy atom. The van der Waals surface area contributed by atoms with Crippen molar-refractivity contribution in [3.8, 4) is 5.75 Å². The molecule has 2 aromatic carbocycles. The Hall–Kier alpha value is -2.26. The third-order valence-electron chi connectivity index (χ3n) is 3.49. The zero-order valence-electron chi connectivity index (χ0n) is 11.5. The molecule has 1 aromatic heterocycles. The van der Waals surface area contributed by atoms with Crippen LogP contribution in [-0.4, -0.2) is 16.9 Å². The number of halogens is 1. The highest BCUT2D eigenvalue weighted by Gasteiger charge is 2.16. The van der Waals surface area contributed by atoms with Gasteiger partial charge >= 0.3 is 0 Å². The number of ether oxygens (including phenoxy) is 1. The van der Waals surface area contributed by atoms with Gasteiger partial charge in [-0.1, -0.05) is 42.5 Å². The van der Waals surface area contributed by atoms with Crippen LogP contribution in [0.4, 0.5) is 0 Å². The molecule has 1 heterocycles. The van der Waals surface area contributed by atoms with Crippen LogP contribution in [0.15, 0.2) is 54.6 Å². The first-order valence-corrected chi connectivity index (χ1v) is 6.98. The molecule has 0 radical (unpaired) electrons. The van der Waals surface area contributed by atoms with Crippen molar-refractivity contribution >= 4 is 27.7 Å². The van der Waals surface area contributed by atoms with Gasteiger partial charge in [-0.15, -0.1) is 0 Å².